The molecule has 1 aromatic rings. The van der Waals surface area contributed by atoms with E-state index < -0.39 is 6.29 Å². The van der Waals surface area contributed by atoms with Gasteiger partial charge in [0.1, 0.15) is 5.82 Å². The number of nitrogens with one attached hydrogen (secondary N) is 1. The van der Waals surface area contributed by atoms with E-state index in [0.717, 1.165) is 32.0 Å². The number of anilines is 1. The van der Waals surface area contributed by atoms with Gasteiger partial charge >= 0.3 is 0 Å². The number of nitrogens with zero attached hydrogens (tertiary/aromatic N) is 3. The van der Waals surface area contributed by atoms with E-state index in [2.05, 4.69) is 27.1 Å². The topological polar surface area (TPSA) is 66.9 Å². The van der Waals surface area contributed by atoms with Crippen molar-refractivity contribution in [1.29, 1.82) is 0 Å². The normalized spacial score (nSPS) is 16.1. The van der Waals surface area contributed by atoms with E-state index in [0.29, 0.717) is 12.1 Å². The van der Waals surface area contributed by atoms with Crippen LogP contribution in [-0.2, 0) is 9.47 Å². The van der Waals surface area contributed by atoms with E-state index in [1.54, 1.807) is 12.3 Å². The number of aromatic nitrogens is 1. The number of carbonyl (C=O) groups is 1. The summed E-state index contributed by atoms with van der Waals surface area (Å²) in [6.45, 7) is 4.15. The molecule has 0 aromatic carbocycles. The van der Waals surface area contributed by atoms with Crippen LogP contribution in [0.3, 0.4) is 0 Å². The molecule has 0 radical (unpaired) electrons. The highest BCUT2D eigenvalue weighted by molar-refractivity contribution is 5.94. The highest BCUT2D eigenvalue weighted by Crippen LogP contribution is 2.14. The maximum Gasteiger partial charge on any atom is 0.251 e. The van der Waals surface area contributed by atoms with Crippen LogP contribution in [0.1, 0.15) is 10.4 Å². The molecule has 0 aliphatic carbocycles. The van der Waals surface area contributed by atoms with Crippen LogP contribution in [0.25, 0.3) is 0 Å². The van der Waals surface area contributed by atoms with Crippen molar-refractivity contribution in [2.24, 2.45) is 0 Å². The average molecular weight is 308 g/mol. The van der Waals surface area contributed by atoms with Gasteiger partial charge in [-0.25, -0.2) is 4.98 Å². The van der Waals surface area contributed by atoms with Crippen LogP contribution in [0, 0.1) is 0 Å². The monoisotopic (exact) mass is 308 g/mol. The molecule has 1 N–H and O–H groups in total. The predicted molar refractivity (Wildman–Crippen MR) is 84.1 cm³/mol. The summed E-state index contributed by atoms with van der Waals surface area (Å²) in [4.78, 5) is 21.0. The molecule has 1 aliphatic heterocycles. The van der Waals surface area contributed by atoms with Gasteiger partial charge in [0.05, 0.1) is 6.54 Å². The number of pyridine rings is 1. The van der Waals surface area contributed by atoms with Crippen LogP contribution in [-0.4, -0.2) is 76.1 Å². The maximum absolute atomic E-state index is 12.2. The summed E-state index contributed by atoms with van der Waals surface area (Å²) in [5.74, 6) is 0.688. The molecule has 22 heavy (non-hydrogen) atoms. The second-order valence-electron chi connectivity index (χ2n) is 5.30. The number of piperazine rings is 1. The molecule has 2 heterocycles. The van der Waals surface area contributed by atoms with Gasteiger partial charge in [-0.2, -0.15) is 0 Å². The fourth-order valence-electron chi connectivity index (χ4n) is 2.31. The molecule has 1 amide bonds. The van der Waals surface area contributed by atoms with Crippen molar-refractivity contribution in [3.63, 3.8) is 0 Å². The Morgan fingerprint density at radius 3 is 2.64 bits per heavy atom. The lowest BCUT2D eigenvalue weighted by Gasteiger charge is -2.33. The zero-order valence-electron chi connectivity index (χ0n) is 13.4. The fraction of sp³-hybridized carbons (Fsp3) is 0.600. The Morgan fingerprint density at radius 1 is 1.32 bits per heavy atom. The van der Waals surface area contributed by atoms with Crippen LogP contribution in [0.4, 0.5) is 5.82 Å². The summed E-state index contributed by atoms with van der Waals surface area (Å²) in [6.07, 6.45) is 1.23. The standard InChI is InChI=1S/C15H24N4O3/c1-18-6-8-19(9-7-18)13-10-12(4-5-16-13)15(20)17-11-14(21-2)22-3/h4-5,10,14H,6-9,11H2,1-3H3,(H,17,20). The van der Waals surface area contributed by atoms with Crippen LogP contribution < -0.4 is 10.2 Å². The third kappa shape index (κ3) is 4.40. The van der Waals surface area contributed by atoms with Crippen LogP contribution >= 0.6 is 0 Å². The molecule has 1 saturated heterocycles. The van der Waals surface area contributed by atoms with Gasteiger partial charge in [0.15, 0.2) is 6.29 Å². The van der Waals surface area contributed by atoms with E-state index in [1.807, 2.05) is 6.07 Å². The smallest absolute Gasteiger partial charge is 0.251 e. The Kier molecular flexibility index (Phi) is 6.11. The first-order valence-electron chi connectivity index (χ1n) is 7.37. The number of methoxy groups -OCH3 is 2. The molecule has 1 aromatic heterocycles. The highest BCUT2D eigenvalue weighted by Gasteiger charge is 2.17. The Morgan fingerprint density at radius 2 is 2.00 bits per heavy atom. The van der Waals surface area contributed by atoms with Gasteiger partial charge in [-0.3, -0.25) is 4.79 Å². The molecule has 0 unspecified atom stereocenters. The summed E-state index contributed by atoms with van der Waals surface area (Å²) < 4.78 is 10.1. The molecule has 0 saturated carbocycles. The van der Waals surface area contributed by atoms with Crippen molar-refractivity contribution in [1.82, 2.24) is 15.2 Å². The molecular formula is C15H24N4O3. The minimum absolute atomic E-state index is 0.156. The number of hydrogen-bond donors (Lipinski definition) is 1. The lowest BCUT2D eigenvalue weighted by molar-refractivity contribution is -0.0974. The molecule has 1 fully saturated rings. The molecular weight excluding hydrogens is 284 g/mol. The van der Waals surface area contributed by atoms with E-state index in [9.17, 15) is 4.79 Å². The summed E-state index contributed by atoms with van der Waals surface area (Å²) >= 11 is 0. The van der Waals surface area contributed by atoms with Crippen molar-refractivity contribution in [2.75, 3.05) is 58.9 Å². The second kappa shape index (κ2) is 8.07. The minimum Gasteiger partial charge on any atom is -0.354 e. The number of hydrogen-bond acceptors (Lipinski definition) is 6. The molecule has 2 rings (SSSR count). The molecule has 122 valence electrons. The first-order chi connectivity index (χ1) is 10.6. The van der Waals surface area contributed by atoms with E-state index in [4.69, 9.17) is 9.47 Å². The maximum atomic E-state index is 12.2. The Bertz CT molecular complexity index is 485. The van der Waals surface area contributed by atoms with E-state index in [-0.39, 0.29) is 5.91 Å². The summed E-state index contributed by atoms with van der Waals surface area (Å²) in [5.41, 5.74) is 0.592. The predicted octanol–water partition coefficient (Wildman–Crippen LogP) is 0.182. The van der Waals surface area contributed by atoms with Gasteiger partial charge in [0.2, 0.25) is 0 Å². The Hall–Kier alpha value is -1.70. The van der Waals surface area contributed by atoms with Crippen LogP contribution in [0.15, 0.2) is 18.3 Å². The zero-order chi connectivity index (χ0) is 15.9. The Labute approximate surface area is 131 Å². The fourth-order valence-corrected chi connectivity index (χ4v) is 2.31. The largest absolute Gasteiger partial charge is 0.354 e. The summed E-state index contributed by atoms with van der Waals surface area (Å²) in [6, 6.07) is 3.54. The highest BCUT2D eigenvalue weighted by atomic mass is 16.7. The third-order valence-corrected chi connectivity index (χ3v) is 3.79. The minimum atomic E-state index is -0.442. The van der Waals surface area contributed by atoms with Gasteiger partial charge in [0, 0.05) is 52.2 Å². The van der Waals surface area contributed by atoms with Gasteiger partial charge in [0.25, 0.3) is 5.91 Å². The lowest BCUT2D eigenvalue weighted by atomic mass is 10.2. The SMILES string of the molecule is COC(CNC(=O)c1ccnc(N2CCN(C)CC2)c1)OC. The van der Waals surface area contributed by atoms with Gasteiger partial charge in [-0.15, -0.1) is 0 Å². The number of rotatable bonds is 6. The summed E-state index contributed by atoms with van der Waals surface area (Å²) in [5, 5.41) is 2.79. The van der Waals surface area contributed by atoms with Crippen molar-refractivity contribution in [3.05, 3.63) is 23.9 Å². The molecule has 0 spiro atoms. The van der Waals surface area contributed by atoms with Crippen molar-refractivity contribution in [3.8, 4) is 0 Å². The average Bonchev–Trinajstić information content (AvgIpc) is 2.56. The van der Waals surface area contributed by atoms with Crippen LogP contribution in [0.2, 0.25) is 0 Å². The molecule has 7 nitrogen and oxygen atoms in total. The molecule has 0 bridgehead atoms. The van der Waals surface area contributed by atoms with Crippen molar-refractivity contribution in [2.45, 2.75) is 6.29 Å². The quantitative estimate of drug-likeness (QED) is 0.756. The molecule has 1 aliphatic rings. The van der Waals surface area contributed by atoms with Gasteiger partial charge in [-0.05, 0) is 19.2 Å². The van der Waals surface area contributed by atoms with E-state index >= 15 is 0 Å². The zero-order valence-corrected chi connectivity index (χ0v) is 13.4. The number of likely N-dealkylation sites (N-methyl/N-ethyl adjacent to an activating group) is 1. The first-order valence-corrected chi connectivity index (χ1v) is 7.37. The number of ether oxygens (including phenoxy) is 2. The van der Waals surface area contributed by atoms with Crippen molar-refractivity contribution < 1.29 is 14.3 Å². The van der Waals surface area contributed by atoms with Gasteiger partial charge < -0.3 is 24.6 Å². The molecule has 7 heteroatoms. The Balaban J connectivity index is 1.97. The van der Waals surface area contributed by atoms with Crippen LogP contribution in [0.5, 0.6) is 0 Å². The first kappa shape index (κ1) is 16.7. The van der Waals surface area contributed by atoms with E-state index in [1.165, 1.54) is 14.2 Å². The number of amides is 1. The van der Waals surface area contributed by atoms with Crippen molar-refractivity contribution >= 4 is 11.7 Å². The molecule has 0 atom stereocenters. The van der Waals surface area contributed by atoms with Gasteiger partial charge in [-0.1, -0.05) is 0 Å². The second-order valence-corrected chi connectivity index (χ2v) is 5.30. The summed E-state index contributed by atoms with van der Waals surface area (Å²) in [7, 11) is 5.19. The lowest BCUT2D eigenvalue weighted by Crippen LogP contribution is -2.44. The number of carbonyl (C=O) groups excluding carboxylic acids is 1. The third-order valence-electron chi connectivity index (χ3n) is 3.79.